The number of primary amides is 1. The van der Waals surface area contributed by atoms with Crippen molar-refractivity contribution in [2.24, 2.45) is 5.73 Å². The lowest BCUT2D eigenvalue weighted by Crippen LogP contribution is -2.48. The molecule has 2 fully saturated rings. The standard InChI is InChI=1S/C26H26FN7O3S/c1-38(36,37)23-22(16-10-18-7-8-19(11-16)33(18)26(29)35)32-25-20(13-31-34(25)24(23)28)15-4-9-21(30-12-15)14-2-5-17(27)6-3-14/h2-6,9,12-13,16,18-19H,7-8,10-11,28H2,1H3,(H2,29,35)/t16?,18-,19+. The third kappa shape index (κ3) is 3.95. The van der Waals surface area contributed by atoms with E-state index in [1.807, 2.05) is 12.1 Å². The van der Waals surface area contributed by atoms with Crippen molar-refractivity contribution in [3.8, 4) is 22.4 Å². The number of amides is 2. The molecular weight excluding hydrogens is 509 g/mol. The fourth-order valence-corrected chi connectivity index (χ4v) is 7.04. The van der Waals surface area contributed by atoms with E-state index in [0.29, 0.717) is 35.4 Å². The molecule has 4 aromatic rings. The summed E-state index contributed by atoms with van der Waals surface area (Å²) in [5.74, 6) is -0.529. The minimum Gasteiger partial charge on any atom is -0.382 e. The summed E-state index contributed by atoms with van der Waals surface area (Å²) in [7, 11) is -3.74. The van der Waals surface area contributed by atoms with Crippen LogP contribution in [0.1, 0.15) is 37.3 Å². The van der Waals surface area contributed by atoms with Gasteiger partial charge in [0.15, 0.2) is 15.5 Å². The Labute approximate surface area is 218 Å². The Balaban J connectivity index is 1.44. The second-order valence-electron chi connectivity index (χ2n) is 10.0. The molecule has 2 aliphatic rings. The molecule has 2 saturated heterocycles. The number of benzene rings is 1. The van der Waals surface area contributed by atoms with Gasteiger partial charge in [-0.15, -0.1) is 0 Å². The molecule has 0 saturated carbocycles. The lowest BCUT2D eigenvalue weighted by Gasteiger charge is -2.38. The molecular formula is C26H26FN7O3S. The number of carbonyl (C=O) groups excluding carboxylic acids is 1. The van der Waals surface area contributed by atoms with E-state index in [1.54, 1.807) is 29.4 Å². The van der Waals surface area contributed by atoms with Crippen LogP contribution in [-0.4, -0.2) is 57.3 Å². The van der Waals surface area contributed by atoms with Crippen molar-refractivity contribution in [3.05, 3.63) is 60.3 Å². The van der Waals surface area contributed by atoms with Gasteiger partial charge in [0.1, 0.15) is 16.5 Å². The zero-order valence-corrected chi connectivity index (χ0v) is 21.4. The molecule has 2 amide bonds. The first-order valence-corrected chi connectivity index (χ1v) is 14.2. The Kier molecular flexibility index (Phi) is 5.60. The zero-order valence-electron chi connectivity index (χ0n) is 20.6. The third-order valence-electron chi connectivity index (χ3n) is 7.62. The highest BCUT2D eigenvalue weighted by Crippen LogP contribution is 2.45. The molecule has 12 heteroatoms. The van der Waals surface area contributed by atoms with Gasteiger partial charge in [0.25, 0.3) is 0 Å². The molecule has 6 rings (SSSR count). The van der Waals surface area contributed by atoms with Gasteiger partial charge in [0.05, 0.1) is 17.6 Å². The Morgan fingerprint density at radius 2 is 1.68 bits per heavy atom. The third-order valence-corrected chi connectivity index (χ3v) is 8.78. The van der Waals surface area contributed by atoms with Gasteiger partial charge in [-0.05, 0) is 56.0 Å². The van der Waals surface area contributed by atoms with Crippen molar-refractivity contribution in [2.45, 2.75) is 48.6 Å². The van der Waals surface area contributed by atoms with Crippen molar-refractivity contribution >= 4 is 27.3 Å². The van der Waals surface area contributed by atoms with Gasteiger partial charge in [-0.1, -0.05) is 6.07 Å². The second-order valence-corrected chi connectivity index (χ2v) is 12.0. The number of nitrogens with two attached hydrogens (primary N) is 2. The summed E-state index contributed by atoms with van der Waals surface area (Å²) in [4.78, 5) is 23.1. The first kappa shape index (κ1) is 24.3. The number of fused-ring (bicyclic) bond motifs is 3. The fourth-order valence-electron chi connectivity index (χ4n) is 5.98. The number of anilines is 1. The number of sulfone groups is 1. The Morgan fingerprint density at radius 3 is 2.26 bits per heavy atom. The summed E-state index contributed by atoms with van der Waals surface area (Å²) < 4.78 is 40.4. The summed E-state index contributed by atoms with van der Waals surface area (Å²) in [6.45, 7) is 0. The highest BCUT2D eigenvalue weighted by atomic mass is 32.2. The summed E-state index contributed by atoms with van der Waals surface area (Å²) >= 11 is 0. The Hall–Kier alpha value is -4.06. The van der Waals surface area contributed by atoms with Gasteiger partial charge in [-0.2, -0.15) is 9.61 Å². The lowest BCUT2D eigenvalue weighted by atomic mass is 9.88. The topological polar surface area (TPSA) is 150 Å². The van der Waals surface area contributed by atoms with E-state index in [9.17, 15) is 17.6 Å². The van der Waals surface area contributed by atoms with E-state index in [0.717, 1.165) is 30.2 Å². The highest BCUT2D eigenvalue weighted by molar-refractivity contribution is 7.91. The number of hydrogen-bond donors (Lipinski definition) is 2. The molecule has 3 atom stereocenters. The molecule has 5 heterocycles. The molecule has 2 aliphatic heterocycles. The largest absolute Gasteiger partial charge is 0.382 e. The van der Waals surface area contributed by atoms with Crippen molar-refractivity contribution in [1.82, 2.24) is 24.5 Å². The SMILES string of the molecule is CS(=O)(=O)c1c(C2C[C@H]3CC[C@@H](C2)N3C(N)=O)nc2c(-c3ccc(-c4ccc(F)cc4)nc3)cnn2c1N. The van der Waals surface area contributed by atoms with E-state index >= 15 is 0 Å². The van der Waals surface area contributed by atoms with Crippen LogP contribution < -0.4 is 11.5 Å². The van der Waals surface area contributed by atoms with Crippen LogP contribution in [0.2, 0.25) is 0 Å². The number of aromatic nitrogens is 4. The van der Waals surface area contributed by atoms with Crippen LogP contribution in [0.4, 0.5) is 15.0 Å². The average molecular weight is 536 g/mol. The van der Waals surface area contributed by atoms with Gasteiger partial charge in [0.2, 0.25) is 0 Å². The smallest absolute Gasteiger partial charge is 0.315 e. The molecule has 2 bridgehead atoms. The minimum absolute atomic E-state index is 0.000630. The fraction of sp³-hybridized carbons (Fsp3) is 0.308. The number of piperidine rings is 1. The second kappa shape index (κ2) is 8.76. The molecule has 3 aromatic heterocycles. The lowest BCUT2D eigenvalue weighted by molar-refractivity contribution is 0.144. The summed E-state index contributed by atoms with van der Waals surface area (Å²) in [5.41, 5.74) is 15.7. The van der Waals surface area contributed by atoms with Gasteiger partial charge < -0.3 is 16.4 Å². The summed E-state index contributed by atoms with van der Waals surface area (Å²) in [6, 6.07) is 9.18. The molecule has 38 heavy (non-hydrogen) atoms. The van der Waals surface area contributed by atoms with E-state index in [-0.39, 0.29) is 34.5 Å². The molecule has 0 aliphatic carbocycles. The number of pyridine rings is 1. The van der Waals surface area contributed by atoms with Crippen molar-refractivity contribution in [2.75, 3.05) is 12.0 Å². The highest BCUT2D eigenvalue weighted by Gasteiger charge is 2.44. The number of halogens is 1. The molecule has 0 radical (unpaired) electrons. The first-order valence-electron chi connectivity index (χ1n) is 12.3. The quantitative estimate of drug-likeness (QED) is 0.407. The van der Waals surface area contributed by atoms with Crippen LogP contribution in [0.3, 0.4) is 0 Å². The van der Waals surface area contributed by atoms with Crippen molar-refractivity contribution < 1.29 is 17.6 Å². The monoisotopic (exact) mass is 535 g/mol. The van der Waals surface area contributed by atoms with Gasteiger partial charge in [-0.25, -0.2) is 22.6 Å². The predicted octanol–water partition coefficient (Wildman–Crippen LogP) is 3.37. The summed E-state index contributed by atoms with van der Waals surface area (Å²) in [6.07, 6.45) is 7.13. The normalized spacial score (nSPS) is 21.2. The van der Waals surface area contributed by atoms with Crippen LogP contribution in [0.15, 0.2) is 53.7 Å². The van der Waals surface area contributed by atoms with E-state index in [4.69, 9.17) is 16.5 Å². The number of urea groups is 1. The average Bonchev–Trinajstić information content (AvgIpc) is 3.42. The van der Waals surface area contributed by atoms with Crippen LogP contribution in [0, 0.1) is 5.82 Å². The van der Waals surface area contributed by atoms with E-state index in [2.05, 4.69) is 10.1 Å². The number of nitrogen functional groups attached to an aromatic ring is 1. The molecule has 10 nitrogen and oxygen atoms in total. The van der Waals surface area contributed by atoms with Crippen molar-refractivity contribution in [1.29, 1.82) is 0 Å². The van der Waals surface area contributed by atoms with Gasteiger partial charge >= 0.3 is 6.03 Å². The maximum Gasteiger partial charge on any atom is 0.315 e. The van der Waals surface area contributed by atoms with Crippen LogP contribution in [0.5, 0.6) is 0 Å². The zero-order chi connectivity index (χ0) is 26.8. The van der Waals surface area contributed by atoms with Crippen LogP contribution in [0.25, 0.3) is 28.0 Å². The molecule has 4 N–H and O–H groups in total. The van der Waals surface area contributed by atoms with Gasteiger partial charge in [-0.3, -0.25) is 4.98 Å². The predicted molar refractivity (Wildman–Crippen MR) is 139 cm³/mol. The molecule has 1 unspecified atom stereocenters. The Morgan fingerprint density at radius 1 is 1.03 bits per heavy atom. The van der Waals surface area contributed by atoms with Crippen molar-refractivity contribution in [3.63, 3.8) is 0 Å². The minimum atomic E-state index is -3.74. The Bertz CT molecular complexity index is 1660. The van der Waals surface area contributed by atoms with E-state index in [1.165, 1.54) is 16.6 Å². The van der Waals surface area contributed by atoms with Crippen LogP contribution in [-0.2, 0) is 9.84 Å². The molecule has 0 spiro atoms. The van der Waals surface area contributed by atoms with Crippen LogP contribution >= 0.6 is 0 Å². The maximum atomic E-state index is 13.3. The van der Waals surface area contributed by atoms with E-state index < -0.39 is 15.9 Å². The summed E-state index contributed by atoms with van der Waals surface area (Å²) in [5, 5.41) is 4.35. The maximum absolute atomic E-state index is 13.3. The number of nitrogens with zero attached hydrogens (tertiary/aromatic N) is 5. The van der Waals surface area contributed by atoms with Gasteiger partial charge in [0, 0.05) is 47.1 Å². The number of carbonyl (C=O) groups is 1. The molecule has 1 aromatic carbocycles. The first-order chi connectivity index (χ1) is 18.1. The number of rotatable bonds is 4. The number of hydrogen-bond acceptors (Lipinski definition) is 7. The molecule has 196 valence electrons.